The average molecular weight is 680 g/mol. The Morgan fingerprint density at radius 1 is 1.04 bits per heavy atom. The predicted octanol–water partition coefficient (Wildman–Crippen LogP) is 8.17. The average Bonchev–Trinajstić information content (AvgIpc) is 3.85. The standard InChI is InChI=1S/C35H29N5O4S3/c36-17-24-20-45-21-28(24)23-10-12-25(13-11-23)43-16-4-9-32-30(19-44-42)38-35(47-32)40-15-14-22-5-3-6-26(27(22)18-40)33(41)39-34-37-29-7-1-2-8-31(29)46-34/h1-3,5-8,10-13,20-21,42H,4,9,14-16,18-19H2,(H,37,39,41). The van der Waals surface area contributed by atoms with Crippen LogP contribution >= 0.6 is 34.0 Å². The number of aromatic nitrogens is 2. The van der Waals surface area contributed by atoms with Crippen molar-refractivity contribution in [2.75, 3.05) is 23.4 Å². The second-order valence-electron chi connectivity index (χ2n) is 11.0. The maximum absolute atomic E-state index is 13.5. The van der Waals surface area contributed by atoms with Crippen LogP contribution in [0.25, 0.3) is 21.3 Å². The summed E-state index contributed by atoms with van der Waals surface area (Å²) in [6.45, 7) is 1.83. The second kappa shape index (κ2) is 14.0. The van der Waals surface area contributed by atoms with Crippen LogP contribution in [0.4, 0.5) is 10.3 Å². The summed E-state index contributed by atoms with van der Waals surface area (Å²) in [6, 6.07) is 23.7. The van der Waals surface area contributed by atoms with Crippen LogP contribution in [0.1, 0.15) is 44.0 Å². The topological polar surface area (TPSA) is 121 Å². The van der Waals surface area contributed by atoms with Gasteiger partial charge in [-0.3, -0.25) is 15.4 Å². The molecule has 6 aromatic rings. The zero-order chi connectivity index (χ0) is 32.2. The summed E-state index contributed by atoms with van der Waals surface area (Å²) in [5.41, 5.74) is 6.93. The van der Waals surface area contributed by atoms with Crippen LogP contribution in [0, 0.1) is 11.3 Å². The van der Waals surface area contributed by atoms with E-state index in [0.717, 1.165) is 74.0 Å². The van der Waals surface area contributed by atoms with Crippen molar-refractivity contribution in [2.24, 2.45) is 0 Å². The molecule has 47 heavy (non-hydrogen) atoms. The number of ether oxygens (including phenoxy) is 1. The van der Waals surface area contributed by atoms with Crippen LogP contribution in [0.2, 0.25) is 0 Å². The molecule has 0 spiro atoms. The second-order valence-corrected chi connectivity index (χ2v) is 13.8. The normalized spacial score (nSPS) is 12.6. The van der Waals surface area contributed by atoms with Gasteiger partial charge in [-0.05, 0) is 71.7 Å². The molecule has 4 heterocycles. The maximum atomic E-state index is 13.5. The number of rotatable bonds is 11. The molecule has 0 unspecified atom stereocenters. The Balaban J connectivity index is 0.999. The van der Waals surface area contributed by atoms with Gasteiger partial charge in [-0.15, -0.1) is 11.3 Å². The predicted molar refractivity (Wildman–Crippen MR) is 187 cm³/mol. The summed E-state index contributed by atoms with van der Waals surface area (Å²) in [5.74, 6) is 0.589. The third-order valence-electron chi connectivity index (χ3n) is 8.04. The molecule has 0 atom stereocenters. The number of benzene rings is 3. The minimum atomic E-state index is -0.176. The fourth-order valence-corrected chi connectivity index (χ4v) is 8.46. The quantitative estimate of drug-likeness (QED) is 0.0800. The first-order chi connectivity index (χ1) is 23.1. The highest BCUT2D eigenvalue weighted by Gasteiger charge is 2.25. The maximum Gasteiger partial charge on any atom is 0.257 e. The number of aryl methyl sites for hydroxylation is 1. The lowest BCUT2D eigenvalue weighted by molar-refractivity contribution is -0.253. The van der Waals surface area contributed by atoms with Gasteiger partial charge in [-0.1, -0.05) is 47.7 Å². The molecule has 1 amide bonds. The molecule has 0 saturated heterocycles. The van der Waals surface area contributed by atoms with Crippen molar-refractivity contribution in [1.82, 2.24) is 9.97 Å². The van der Waals surface area contributed by atoms with E-state index in [2.05, 4.69) is 32.2 Å². The molecule has 3 aromatic carbocycles. The molecule has 1 aliphatic heterocycles. The number of nitriles is 1. The van der Waals surface area contributed by atoms with Gasteiger partial charge in [0.2, 0.25) is 0 Å². The first-order valence-electron chi connectivity index (χ1n) is 15.1. The van der Waals surface area contributed by atoms with E-state index in [1.807, 2.05) is 71.4 Å². The van der Waals surface area contributed by atoms with Crippen LogP contribution in [-0.2, 0) is 30.9 Å². The minimum Gasteiger partial charge on any atom is -0.494 e. The van der Waals surface area contributed by atoms with Gasteiger partial charge >= 0.3 is 0 Å². The molecule has 9 nitrogen and oxygen atoms in total. The number of fused-ring (bicyclic) bond motifs is 2. The van der Waals surface area contributed by atoms with E-state index in [1.54, 1.807) is 11.3 Å². The Morgan fingerprint density at radius 2 is 1.91 bits per heavy atom. The number of nitrogens with zero attached hydrogens (tertiary/aromatic N) is 4. The summed E-state index contributed by atoms with van der Waals surface area (Å²) in [4.78, 5) is 30.6. The van der Waals surface area contributed by atoms with Crippen molar-refractivity contribution in [3.8, 4) is 22.9 Å². The molecule has 3 aromatic heterocycles. The van der Waals surface area contributed by atoms with Crippen molar-refractivity contribution in [2.45, 2.75) is 32.4 Å². The molecular formula is C35H29N5O4S3. The van der Waals surface area contributed by atoms with Crippen molar-refractivity contribution in [3.05, 3.63) is 110 Å². The van der Waals surface area contributed by atoms with Gasteiger partial charge in [-0.2, -0.15) is 16.6 Å². The van der Waals surface area contributed by atoms with Crippen LogP contribution in [0.15, 0.2) is 77.5 Å². The summed E-state index contributed by atoms with van der Waals surface area (Å²) in [5, 5.41) is 26.8. The molecule has 12 heteroatoms. The molecular weight excluding hydrogens is 651 g/mol. The summed E-state index contributed by atoms with van der Waals surface area (Å²) in [7, 11) is 0. The Hall–Kier alpha value is -4.64. The van der Waals surface area contributed by atoms with Crippen LogP contribution in [0.5, 0.6) is 5.75 Å². The highest BCUT2D eigenvalue weighted by Crippen LogP contribution is 2.34. The van der Waals surface area contributed by atoms with Gasteiger partial charge in [0.1, 0.15) is 18.4 Å². The van der Waals surface area contributed by atoms with Crippen LogP contribution < -0.4 is 15.0 Å². The number of carbonyl (C=O) groups excluding carboxylic acids is 1. The number of para-hydroxylation sites is 1. The number of thiazole rings is 2. The lowest BCUT2D eigenvalue weighted by Gasteiger charge is -2.29. The van der Waals surface area contributed by atoms with Crippen molar-refractivity contribution < 1.29 is 19.7 Å². The Morgan fingerprint density at radius 3 is 2.74 bits per heavy atom. The molecule has 0 radical (unpaired) electrons. The SMILES string of the molecule is N#Cc1cscc1-c1ccc(OCCCc2sc(N3CCc4cccc(C(=O)Nc5nc6ccccc6s5)c4C3)nc2COO)cc1. The Bertz CT molecular complexity index is 2050. The summed E-state index contributed by atoms with van der Waals surface area (Å²) < 4.78 is 7.03. The van der Waals surface area contributed by atoms with Crippen LogP contribution in [0.3, 0.4) is 0 Å². The molecule has 2 N–H and O–H groups in total. The van der Waals surface area contributed by atoms with Crippen molar-refractivity contribution >= 4 is 60.4 Å². The summed E-state index contributed by atoms with van der Waals surface area (Å²) in [6.07, 6.45) is 2.26. The van der Waals surface area contributed by atoms with E-state index < -0.39 is 0 Å². The minimum absolute atomic E-state index is 0.00166. The number of thiophene rings is 1. The smallest absolute Gasteiger partial charge is 0.257 e. The zero-order valence-electron chi connectivity index (χ0n) is 25.1. The number of hydrogen-bond donors (Lipinski definition) is 2. The summed E-state index contributed by atoms with van der Waals surface area (Å²) >= 11 is 4.56. The first-order valence-corrected chi connectivity index (χ1v) is 17.6. The number of hydrogen-bond acceptors (Lipinski definition) is 11. The lowest BCUT2D eigenvalue weighted by atomic mass is 9.94. The van der Waals surface area contributed by atoms with Gasteiger partial charge in [0, 0.05) is 34.5 Å². The van der Waals surface area contributed by atoms with Crippen LogP contribution in [-0.4, -0.2) is 34.3 Å². The molecule has 0 fully saturated rings. The highest BCUT2D eigenvalue weighted by atomic mass is 32.1. The van der Waals surface area contributed by atoms with Crippen molar-refractivity contribution in [1.29, 1.82) is 5.26 Å². The van der Waals surface area contributed by atoms with E-state index >= 15 is 0 Å². The monoisotopic (exact) mass is 679 g/mol. The van der Waals surface area contributed by atoms with E-state index in [9.17, 15) is 15.3 Å². The molecule has 1 aliphatic rings. The van der Waals surface area contributed by atoms with E-state index in [1.165, 1.54) is 22.7 Å². The molecule has 236 valence electrons. The zero-order valence-corrected chi connectivity index (χ0v) is 27.6. The third kappa shape index (κ3) is 6.76. The fourth-order valence-electron chi connectivity index (χ4n) is 5.68. The number of amides is 1. The largest absolute Gasteiger partial charge is 0.494 e. The fraction of sp³-hybridized carbons (Fsp3) is 0.200. The van der Waals surface area contributed by atoms with Gasteiger partial charge in [-0.25, -0.2) is 14.9 Å². The third-order valence-corrected chi connectivity index (χ3v) is 10.9. The van der Waals surface area contributed by atoms with E-state index in [4.69, 9.17) is 9.72 Å². The van der Waals surface area contributed by atoms with E-state index in [-0.39, 0.29) is 12.5 Å². The number of nitrogens with one attached hydrogen (secondary N) is 1. The van der Waals surface area contributed by atoms with Crippen molar-refractivity contribution in [3.63, 3.8) is 0 Å². The molecule has 0 bridgehead atoms. The number of anilines is 2. The number of carbonyl (C=O) groups is 1. The molecule has 0 aliphatic carbocycles. The lowest BCUT2D eigenvalue weighted by Crippen LogP contribution is -2.32. The molecule has 0 saturated carbocycles. The van der Waals surface area contributed by atoms with Gasteiger partial charge in [0.25, 0.3) is 5.91 Å². The Labute approximate surface area is 283 Å². The molecule has 7 rings (SSSR count). The van der Waals surface area contributed by atoms with Gasteiger partial charge < -0.3 is 9.64 Å². The van der Waals surface area contributed by atoms with Gasteiger partial charge in [0.05, 0.1) is 28.1 Å². The highest BCUT2D eigenvalue weighted by molar-refractivity contribution is 7.22. The Kier molecular flexibility index (Phi) is 9.23. The van der Waals surface area contributed by atoms with Gasteiger partial charge in [0.15, 0.2) is 10.3 Å². The first kappa shape index (κ1) is 31.0. The van der Waals surface area contributed by atoms with E-state index in [0.29, 0.717) is 35.1 Å².